The normalized spacial score (nSPS) is 14.5. The molecular weight excluding hydrogens is 786 g/mol. The van der Waals surface area contributed by atoms with Crippen LogP contribution in [0.4, 0.5) is 0 Å². The fraction of sp³-hybridized carbons (Fsp3) is 0.569. The lowest BCUT2D eigenvalue weighted by molar-refractivity contribution is -0.161. The summed E-state index contributed by atoms with van der Waals surface area (Å²) in [7, 11) is -0.783. The Hall–Kier alpha value is -3.59. The average Bonchev–Trinajstić information content (AvgIpc) is 3.23. The second kappa shape index (κ2) is 44.5. The first-order valence-corrected chi connectivity index (χ1v) is 24.3. The molecule has 0 bridgehead atoms. The minimum absolute atomic E-state index is 0.0193. The number of allylic oxidation sites excluding steroid dienone is 20. The maximum Gasteiger partial charge on any atom is 0.472 e. The molecule has 0 heterocycles. The van der Waals surface area contributed by atoms with Gasteiger partial charge in [0.05, 0.1) is 13.2 Å². The Morgan fingerprint density at radius 2 is 0.967 bits per heavy atom. The number of likely N-dealkylation sites (N-methyl/N-ethyl adjacent to an activating group) is 1. The molecule has 0 saturated heterocycles. The predicted molar refractivity (Wildman–Crippen MR) is 256 cm³/mol. The number of nitrogens with zero attached hydrogens (tertiary/aromatic N) is 1. The number of unbranched alkanes of at least 4 members (excludes halogenated alkanes) is 6. The molecule has 0 aromatic rings. The Morgan fingerprint density at radius 3 is 1.43 bits per heavy atom. The van der Waals surface area contributed by atoms with E-state index in [4.69, 9.17) is 18.5 Å². The number of carbonyl (C=O) groups excluding carboxylic acids is 2. The van der Waals surface area contributed by atoms with Gasteiger partial charge in [0, 0.05) is 19.4 Å². The van der Waals surface area contributed by atoms with Gasteiger partial charge in [-0.3, -0.25) is 18.6 Å². The van der Waals surface area contributed by atoms with Gasteiger partial charge in [-0.2, -0.15) is 0 Å². The van der Waals surface area contributed by atoms with Crippen molar-refractivity contribution in [1.82, 2.24) is 4.90 Å². The molecule has 0 aliphatic rings. The van der Waals surface area contributed by atoms with E-state index >= 15 is 0 Å². The third-order valence-corrected chi connectivity index (χ3v) is 9.75. The minimum Gasteiger partial charge on any atom is -0.462 e. The Balaban J connectivity index is 4.48. The second-order valence-electron chi connectivity index (χ2n) is 14.8. The lowest BCUT2D eigenvalue weighted by atomic mass is 10.1. The summed E-state index contributed by atoms with van der Waals surface area (Å²) in [6.07, 6.45) is 59.8. The first kappa shape index (κ1) is 57.4. The number of hydrogen-bond acceptors (Lipinski definition) is 8. The maximum atomic E-state index is 12.6. The highest BCUT2D eigenvalue weighted by atomic mass is 31.2. The summed E-state index contributed by atoms with van der Waals surface area (Å²) in [4.78, 5) is 37.0. The van der Waals surface area contributed by atoms with Gasteiger partial charge in [-0.25, -0.2) is 4.57 Å². The molecule has 9 nitrogen and oxygen atoms in total. The van der Waals surface area contributed by atoms with Gasteiger partial charge in [-0.1, -0.05) is 155 Å². The van der Waals surface area contributed by atoms with E-state index in [1.54, 1.807) is 4.90 Å². The first-order valence-electron chi connectivity index (χ1n) is 22.8. The number of carbonyl (C=O) groups is 2. The fourth-order valence-corrected chi connectivity index (χ4v) is 6.02. The highest BCUT2D eigenvalue weighted by molar-refractivity contribution is 7.47. The van der Waals surface area contributed by atoms with E-state index in [9.17, 15) is 19.0 Å². The van der Waals surface area contributed by atoms with Gasteiger partial charge >= 0.3 is 19.8 Å². The van der Waals surface area contributed by atoms with Crippen LogP contribution in [0.2, 0.25) is 0 Å². The van der Waals surface area contributed by atoms with E-state index in [-0.39, 0.29) is 26.1 Å². The van der Waals surface area contributed by atoms with Crippen LogP contribution in [0.25, 0.3) is 0 Å². The lowest BCUT2D eigenvalue weighted by Crippen LogP contribution is -2.29. The first-order chi connectivity index (χ1) is 29.7. The molecule has 0 radical (unpaired) electrons. The molecular formula is C51H82NO8P. The lowest BCUT2D eigenvalue weighted by Gasteiger charge is -2.20. The van der Waals surface area contributed by atoms with Crippen molar-refractivity contribution in [2.45, 2.75) is 148 Å². The van der Waals surface area contributed by atoms with Crippen molar-refractivity contribution in [3.8, 4) is 0 Å². The number of esters is 2. The summed E-state index contributed by atoms with van der Waals surface area (Å²) in [6.45, 7) is 4.02. The van der Waals surface area contributed by atoms with Gasteiger partial charge in [-0.15, -0.1) is 0 Å². The largest absolute Gasteiger partial charge is 0.472 e. The molecule has 0 fully saturated rings. The van der Waals surface area contributed by atoms with E-state index in [0.29, 0.717) is 19.4 Å². The van der Waals surface area contributed by atoms with Gasteiger partial charge < -0.3 is 19.3 Å². The monoisotopic (exact) mass is 868 g/mol. The summed E-state index contributed by atoms with van der Waals surface area (Å²) >= 11 is 0. The third-order valence-electron chi connectivity index (χ3n) is 8.77. The molecule has 0 aliphatic carbocycles. The smallest absolute Gasteiger partial charge is 0.462 e. The number of hydrogen-bond donors (Lipinski definition) is 1. The van der Waals surface area contributed by atoms with Gasteiger partial charge in [0.1, 0.15) is 6.61 Å². The van der Waals surface area contributed by atoms with E-state index in [1.165, 1.54) is 25.7 Å². The molecule has 0 saturated carbocycles. The number of ether oxygens (including phenoxy) is 2. The van der Waals surface area contributed by atoms with Crippen molar-refractivity contribution in [3.63, 3.8) is 0 Å². The molecule has 0 aromatic carbocycles. The fourth-order valence-electron chi connectivity index (χ4n) is 5.28. The predicted octanol–water partition coefficient (Wildman–Crippen LogP) is 13.5. The Kier molecular flexibility index (Phi) is 41.8. The van der Waals surface area contributed by atoms with Gasteiger partial charge in [0.15, 0.2) is 6.10 Å². The number of phosphoric acid groups is 1. The molecule has 2 atom stereocenters. The maximum absolute atomic E-state index is 12.6. The minimum atomic E-state index is -4.40. The zero-order chi connectivity index (χ0) is 44.8. The van der Waals surface area contributed by atoms with Crippen LogP contribution in [0.3, 0.4) is 0 Å². The molecule has 0 aliphatic heterocycles. The van der Waals surface area contributed by atoms with Crippen LogP contribution in [0.1, 0.15) is 142 Å². The molecule has 0 aromatic heterocycles. The van der Waals surface area contributed by atoms with E-state index in [2.05, 4.69) is 123 Å². The highest BCUT2D eigenvalue weighted by Gasteiger charge is 2.26. The molecule has 1 N–H and O–H groups in total. The van der Waals surface area contributed by atoms with Crippen molar-refractivity contribution in [1.29, 1.82) is 0 Å². The summed E-state index contributed by atoms with van der Waals surface area (Å²) in [5.41, 5.74) is 0. The molecule has 10 heteroatoms. The van der Waals surface area contributed by atoms with Crippen LogP contribution in [0.15, 0.2) is 122 Å². The quantitative estimate of drug-likeness (QED) is 0.0278. The zero-order valence-electron chi connectivity index (χ0n) is 38.3. The Bertz CT molecular complexity index is 1420. The number of phosphoric ester groups is 1. The van der Waals surface area contributed by atoms with Gasteiger partial charge in [0.2, 0.25) is 0 Å². The van der Waals surface area contributed by atoms with Crippen LogP contribution in [0, 0.1) is 0 Å². The topological polar surface area (TPSA) is 112 Å². The van der Waals surface area contributed by atoms with Gasteiger partial charge in [-0.05, 0) is 110 Å². The SMILES string of the molecule is CC/C=C\C/C=C\C/C=C\C/C=C\C/C=C\C/C=C\CCC(=O)OC(COC(=O)CCCCC/C=C\C/C=C\C/C=C\C/C=C\CCCCC)COP(=O)(O)OCCN(C)C. The average molecular weight is 868 g/mol. The van der Waals surface area contributed by atoms with Crippen LogP contribution in [-0.4, -0.2) is 68.3 Å². The molecule has 344 valence electrons. The van der Waals surface area contributed by atoms with Crippen LogP contribution < -0.4 is 0 Å². The standard InChI is InChI=1S/C51H82NO8P/c1-5-7-9-11-13-15-17-19-21-23-25-27-29-31-33-35-37-39-41-43-50(53)57-47-49(48-59-61(55,56)58-46-45-52(3)4)60-51(54)44-42-40-38-36-34-32-30-28-26-24-22-20-18-16-14-12-10-8-6-2/h8,10,13-16,19-22,25-28,31-34,38,40,49H,5-7,9,11-12,17-18,23-24,29-30,35-37,39,41-48H2,1-4H3,(H,55,56)/b10-8-,15-13-,16-14-,21-19-,22-20-,27-25-,28-26-,33-31-,34-32-,40-38-. The van der Waals surface area contributed by atoms with Crippen molar-refractivity contribution < 1.29 is 37.6 Å². The van der Waals surface area contributed by atoms with E-state index < -0.39 is 32.5 Å². The Morgan fingerprint density at radius 1 is 0.525 bits per heavy atom. The third kappa shape index (κ3) is 45.8. The van der Waals surface area contributed by atoms with E-state index in [0.717, 1.165) is 77.0 Å². The zero-order valence-corrected chi connectivity index (χ0v) is 39.2. The van der Waals surface area contributed by atoms with Crippen LogP contribution in [0.5, 0.6) is 0 Å². The Labute approximate surface area is 371 Å². The summed E-state index contributed by atoms with van der Waals surface area (Å²) in [6, 6.07) is 0. The van der Waals surface area contributed by atoms with Crippen molar-refractivity contribution >= 4 is 19.8 Å². The van der Waals surface area contributed by atoms with Crippen LogP contribution in [-0.2, 0) is 32.7 Å². The molecule has 0 spiro atoms. The number of rotatable bonds is 40. The molecule has 0 amide bonds. The van der Waals surface area contributed by atoms with Crippen LogP contribution >= 0.6 is 7.82 Å². The van der Waals surface area contributed by atoms with E-state index in [1.807, 2.05) is 26.2 Å². The molecule has 0 rings (SSSR count). The summed E-state index contributed by atoms with van der Waals surface area (Å²) in [5.74, 6) is -0.950. The van der Waals surface area contributed by atoms with Crippen molar-refractivity contribution in [3.05, 3.63) is 122 Å². The van der Waals surface area contributed by atoms with Crippen molar-refractivity contribution in [2.24, 2.45) is 0 Å². The second-order valence-corrected chi connectivity index (χ2v) is 16.3. The molecule has 61 heavy (non-hydrogen) atoms. The highest BCUT2D eigenvalue weighted by Crippen LogP contribution is 2.43. The summed E-state index contributed by atoms with van der Waals surface area (Å²) in [5, 5.41) is 0. The summed E-state index contributed by atoms with van der Waals surface area (Å²) < 4.78 is 33.4. The van der Waals surface area contributed by atoms with Gasteiger partial charge in [0.25, 0.3) is 0 Å². The van der Waals surface area contributed by atoms with Crippen molar-refractivity contribution in [2.75, 3.05) is 40.5 Å². The molecule has 2 unspecified atom stereocenters.